The molecule has 0 spiro atoms. The molecule has 0 atom stereocenters. The summed E-state index contributed by atoms with van der Waals surface area (Å²) < 4.78 is 0. The summed E-state index contributed by atoms with van der Waals surface area (Å²) >= 11 is 0. The van der Waals surface area contributed by atoms with Crippen LogP contribution < -0.4 is 4.90 Å². The van der Waals surface area contributed by atoms with Crippen LogP contribution in [0.5, 0.6) is 0 Å². The topological polar surface area (TPSA) is 3.24 Å². The summed E-state index contributed by atoms with van der Waals surface area (Å²) in [5.41, 5.74) is 18.8. The predicted octanol–water partition coefficient (Wildman–Crippen LogP) is 13.6. The van der Waals surface area contributed by atoms with Crippen LogP contribution in [0.4, 0.5) is 17.1 Å². The van der Waals surface area contributed by atoms with Gasteiger partial charge in [-0.3, -0.25) is 0 Å². The zero-order chi connectivity index (χ0) is 33.4. The van der Waals surface area contributed by atoms with E-state index in [9.17, 15) is 0 Å². The van der Waals surface area contributed by atoms with Gasteiger partial charge >= 0.3 is 0 Å². The highest BCUT2D eigenvalue weighted by molar-refractivity contribution is 6.13. The van der Waals surface area contributed by atoms with Gasteiger partial charge in [0.15, 0.2) is 0 Å². The van der Waals surface area contributed by atoms with E-state index in [1.54, 1.807) is 0 Å². The Hall–Kier alpha value is -6.18. The van der Waals surface area contributed by atoms with E-state index in [1.807, 2.05) is 0 Å². The van der Waals surface area contributed by atoms with Gasteiger partial charge in [0, 0.05) is 22.5 Å². The van der Waals surface area contributed by atoms with Gasteiger partial charge in [-0.15, -0.1) is 0 Å². The number of nitrogens with zero attached hydrogens (tertiary/aromatic N) is 1. The van der Waals surface area contributed by atoms with Crippen molar-refractivity contribution in [2.24, 2.45) is 0 Å². The van der Waals surface area contributed by atoms with Gasteiger partial charge in [0.2, 0.25) is 0 Å². The van der Waals surface area contributed by atoms with Crippen LogP contribution in [0.15, 0.2) is 176 Å². The third kappa shape index (κ3) is 4.27. The highest BCUT2D eigenvalue weighted by Gasteiger charge is 2.36. The van der Waals surface area contributed by atoms with Crippen molar-refractivity contribution < 1.29 is 0 Å². The highest BCUT2D eigenvalue weighted by atomic mass is 15.1. The van der Waals surface area contributed by atoms with Crippen molar-refractivity contribution in [2.45, 2.75) is 19.3 Å². The first-order valence-electron chi connectivity index (χ1n) is 17.5. The summed E-state index contributed by atoms with van der Waals surface area (Å²) in [7, 11) is 0. The molecular formula is C49H35N. The molecule has 8 aromatic rings. The first kappa shape index (κ1) is 28.8. The zero-order valence-electron chi connectivity index (χ0n) is 28.2. The van der Waals surface area contributed by atoms with Crippen LogP contribution in [-0.4, -0.2) is 0 Å². The molecule has 2 aliphatic carbocycles. The van der Waals surface area contributed by atoms with E-state index in [2.05, 4.69) is 195 Å². The largest absolute Gasteiger partial charge is 0.310 e. The maximum atomic E-state index is 2.44. The minimum atomic E-state index is -0.0953. The van der Waals surface area contributed by atoms with Crippen LogP contribution in [-0.2, 0) is 5.41 Å². The van der Waals surface area contributed by atoms with Crippen LogP contribution in [0, 0.1) is 0 Å². The maximum Gasteiger partial charge on any atom is 0.0468 e. The Morgan fingerprint density at radius 2 is 0.840 bits per heavy atom. The fourth-order valence-corrected chi connectivity index (χ4v) is 8.58. The zero-order valence-corrected chi connectivity index (χ0v) is 28.2. The molecule has 1 heteroatoms. The molecule has 236 valence electrons. The SMILES string of the molecule is CC1(C)c2ccccc2-c2ccc(N(c3ccc(-c4ccccc4)cc3)c3ccc4c(c3)-c3ccccc3-c3cccc5cccc-4c35)cc21. The first-order valence-corrected chi connectivity index (χ1v) is 17.5. The second kappa shape index (κ2) is 10.9. The Morgan fingerprint density at radius 3 is 1.56 bits per heavy atom. The Balaban J connectivity index is 1.19. The van der Waals surface area contributed by atoms with Gasteiger partial charge in [0.1, 0.15) is 0 Å². The minimum Gasteiger partial charge on any atom is -0.310 e. The summed E-state index contributed by atoms with van der Waals surface area (Å²) in [5, 5.41) is 2.59. The van der Waals surface area contributed by atoms with Crippen molar-refractivity contribution in [1.29, 1.82) is 0 Å². The van der Waals surface area contributed by atoms with Crippen LogP contribution >= 0.6 is 0 Å². The summed E-state index contributed by atoms with van der Waals surface area (Å²) in [6, 6.07) is 65.0. The smallest absolute Gasteiger partial charge is 0.0468 e. The monoisotopic (exact) mass is 637 g/mol. The molecule has 50 heavy (non-hydrogen) atoms. The second-order valence-electron chi connectivity index (χ2n) is 14.1. The van der Waals surface area contributed by atoms with Crippen molar-refractivity contribution in [3.63, 3.8) is 0 Å². The molecule has 0 radical (unpaired) electrons. The number of hydrogen-bond acceptors (Lipinski definition) is 1. The van der Waals surface area contributed by atoms with E-state index in [0.717, 1.165) is 17.1 Å². The molecule has 8 aromatic carbocycles. The van der Waals surface area contributed by atoms with Crippen LogP contribution in [0.1, 0.15) is 25.0 Å². The van der Waals surface area contributed by atoms with Crippen LogP contribution in [0.25, 0.3) is 66.4 Å². The molecular weight excluding hydrogens is 603 g/mol. The minimum absolute atomic E-state index is 0.0953. The molecule has 0 saturated carbocycles. The third-order valence-corrected chi connectivity index (χ3v) is 11.0. The fourth-order valence-electron chi connectivity index (χ4n) is 8.58. The van der Waals surface area contributed by atoms with Crippen molar-refractivity contribution >= 4 is 27.8 Å². The highest BCUT2D eigenvalue weighted by Crippen LogP contribution is 2.52. The lowest BCUT2D eigenvalue weighted by molar-refractivity contribution is 0.660. The molecule has 1 nitrogen and oxygen atoms in total. The van der Waals surface area contributed by atoms with E-state index < -0.39 is 0 Å². The predicted molar refractivity (Wildman–Crippen MR) is 211 cm³/mol. The van der Waals surface area contributed by atoms with E-state index in [1.165, 1.54) is 77.5 Å². The maximum absolute atomic E-state index is 2.44. The Labute approximate surface area is 293 Å². The van der Waals surface area contributed by atoms with Crippen LogP contribution in [0.3, 0.4) is 0 Å². The number of benzene rings is 8. The molecule has 2 aliphatic rings. The van der Waals surface area contributed by atoms with Gasteiger partial charge in [-0.2, -0.15) is 0 Å². The van der Waals surface area contributed by atoms with Gasteiger partial charge in [0.25, 0.3) is 0 Å². The fraction of sp³-hybridized carbons (Fsp3) is 0.0612. The standard InChI is InChI=1S/C49H35N/c1-49(2)46-21-9-8-18-41(46)42-29-27-37(31-47(42)49)50(35-24-22-33(23-25-35)32-12-4-3-5-13-32)36-26-28-40-44-20-11-15-34-14-10-19-43(48(34)44)38-16-6-7-17-39(38)45(40)30-36/h3-31H,1-2H3. The Bertz CT molecular complexity index is 2600. The lowest BCUT2D eigenvalue weighted by Gasteiger charge is -2.29. The van der Waals surface area contributed by atoms with E-state index in [4.69, 9.17) is 0 Å². The van der Waals surface area contributed by atoms with E-state index >= 15 is 0 Å². The van der Waals surface area contributed by atoms with Crippen molar-refractivity contribution in [3.05, 3.63) is 187 Å². The molecule has 0 heterocycles. The average Bonchev–Trinajstić information content (AvgIpc) is 3.32. The van der Waals surface area contributed by atoms with E-state index in [0.29, 0.717) is 0 Å². The normalized spacial score (nSPS) is 13.2. The lowest BCUT2D eigenvalue weighted by Crippen LogP contribution is -2.16. The number of anilines is 3. The van der Waals surface area contributed by atoms with Gasteiger partial charge in [-0.25, -0.2) is 0 Å². The first-order chi connectivity index (χ1) is 24.6. The summed E-state index contributed by atoms with van der Waals surface area (Å²) in [6.45, 7) is 4.72. The summed E-state index contributed by atoms with van der Waals surface area (Å²) in [6.07, 6.45) is 0. The third-order valence-electron chi connectivity index (χ3n) is 11.0. The van der Waals surface area contributed by atoms with Crippen molar-refractivity contribution in [1.82, 2.24) is 0 Å². The molecule has 0 aromatic heterocycles. The molecule has 0 fully saturated rings. The average molecular weight is 638 g/mol. The lowest BCUT2D eigenvalue weighted by atomic mass is 9.82. The Kier molecular flexibility index (Phi) is 6.29. The summed E-state index contributed by atoms with van der Waals surface area (Å²) in [4.78, 5) is 2.44. The van der Waals surface area contributed by atoms with Gasteiger partial charge in [0.05, 0.1) is 0 Å². The molecule has 0 aliphatic heterocycles. The van der Waals surface area contributed by atoms with Gasteiger partial charge < -0.3 is 4.90 Å². The number of rotatable bonds is 4. The molecule has 0 bridgehead atoms. The molecule has 0 amide bonds. The van der Waals surface area contributed by atoms with Crippen molar-refractivity contribution in [3.8, 4) is 55.6 Å². The van der Waals surface area contributed by atoms with Gasteiger partial charge in [-0.05, 0) is 114 Å². The molecule has 0 saturated heterocycles. The summed E-state index contributed by atoms with van der Waals surface area (Å²) in [5.74, 6) is 0. The molecule has 10 rings (SSSR count). The number of hydrogen-bond donors (Lipinski definition) is 0. The van der Waals surface area contributed by atoms with Crippen molar-refractivity contribution in [2.75, 3.05) is 4.90 Å². The molecule has 0 N–H and O–H groups in total. The quantitative estimate of drug-likeness (QED) is 0.186. The molecule has 0 unspecified atom stereocenters. The number of fused-ring (bicyclic) bond motifs is 8. The Morgan fingerprint density at radius 1 is 0.340 bits per heavy atom. The second-order valence-corrected chi connectivity index (χ2v) is 14.1. The van der Waals surface area contributed by atoms with Crippen LogP contribution in [0.2, 0.25) is 0 Å². The van der Waals surface area contributed by atoms with E-state index in [-0.39, 0.29) is 5.41 Å². The van der Waals surface area contributed by atoms with Gasteiger partial charge in [-0.1, -0.05) is 153 Å².